The van der Waals surface area contributed by atoms with Crippen LogP contribution in [-0.4, -0.2) is 26.8 Å². The first kappa shape index (κ1) is 12.9. The molecule has 2 heterocycles. The van der Waals surface area contributed by atoms with E-state index in [1.165, 1.54) is 15.2 Å². The highest BCUT2D eigenvalue weighted by molar-refractivity contribution is 5.83. The minimum atomic E-state index is -0.391. The van der Waals surface area contributed by atoms with Crippen LogP contribution in [0.3, 0.4) is 0 Å². The SMILES string of the molecule is Cn1c(=O)n(CC2CCCN2)c(=O)c2cccc(O)c21. The quantitative estimate of drug-likeness (QED) is 0.818. The highest BCUT2D eigenvalue weighted by atomic mass is 16.3. The van der Waals surface area contributed by atoms with Gasteiger partial charge in [-0.25, -0.2) is 4.79 Å². The third-order valence-electron chi connectivity index (χ3n) is 3.91. The largest absolute Gasteiger partial charge is 0.506 e. The second-order valence-electron chi connectivity index (χ2n) is 5.22. The third-order valence-corrected chi connectivity index (χ3v) is 3.91. The first-order valence-corrected chi connectivity index (χ1v) is 6.74. The summed E-state index contributed by atoms with van der Waals surface area (Å²) >= 11 is 0. The van der Waals surface area contributed by atoms with E-state index in [0.717, 1.165) is 19.4 Å². The van der Waals surface area contributed by atoms with Gasteiger partial charge < -0.3 is 10.4 Å². The molecule has 3 rings (SSSR count). The Bertz CT molecular complexity index is 770. The molecule has 0 radical (unpaired) electrons. The molecule has 2 aromatic rings. The Kier molecular flexibility index (Phi) is 3.10. The van der Waals surface area contributed by atoms with E-state index < -0.39 is 5.69 Å². The third kappa shape index (κ3) is 1.92. The van der Waals surface area contributed by atoms with Crippen LogP contribution in [-0.2, 0) is 13.6 Å². The molecule has 0 spiro atoms. The summed E-state index contributed by atoms with van der Waals surface area (Å²) in [7, 11) is 1.57. The van der Waals surface area contributed by atoms with Gasteiger partial charge in [-0.05, 0) is 31.5 Å². The molecule has 1 aromatic heterocycles. The number of phenolic OH excluding ortho intramolecular Hbond substituents is 1. The highest BCUT2D eigenvalue weighted by Gasteiger charge is 2.19. The van der Waals surface area contributed by atoms with Crippen LogP contribution in [0.15, 0.2) is 27.8 Å². The molecule has 6 heteroatoms. The van der Waals surface area contributed by atoms with Crippen molar-refractivity contribution in [2.45, 2.75) is 25.4 Å². The van der Waals surface area contributed by atoms with Crippen molar-refractivity contribution in [3.63, 3.8) is 0 Å². The molecule has 1 saturated heterocycles. The standard InChI is InChI=1S/C14H17N3O3/c1-16-12-10(5-2-6-11(12)18)13(19)17(14(16)20)8-9-4-3-7-15-9/h2,5-6,9,15,18H,3-4,7-8H2,1H3. The number of hydrogen-bond donors (Lipinski definition) is 2. The Hall–Kier alpha value is -2.08. The summed E-state index contributed by atoms with van der Waals surface area (Å²) in [6, 6.07) is 4.89. The monoisotopic (exact) mass is 275 g/mol. The van der Waals surface area contributed by atoms with Crippen molar-refractivity contribution in [1.82, 2.24) is 14.5 Å². The van der Waals surface area contributed by atoms with E-state index in [9.17, 15) is 14.7 Å². The summed E-state index contributed by atoms with van der Waals surface area (Å²) in [5.74, 6) is -0.0506. The molecule has 106 valence electrons. The maximum atomic E-state index is 12.5. The lowest BCUT2D eigenvalue weighted by Gasteiger charge is -2.15. The molecule has 1 unspecified atom stereocenters. The van der Waals surface area contributed by atoms with Crippen LogP contribution in [0.2, 0.25) is 0 Å². The Morgan fingerprint density at radius 2 is 2.20 bits per heavy atom. The molecule has 20 heavy (non-hydrogen) atoms. The van der Waals surface area contributed by atoms with E-state index >= 15 is 0 Å². The van der Waals surface area contributed by atoms with E-state index in [-0.39, 0.29) is 22.9 Å². The van der Waals surface area contributed by atoms with Gasteiger partial charge in [0.15, 0.2) is 0 Å². The molecule has 6 nitrogen and oxygen atoms in total. The first-order chi connectivity index (χ1) is 9.59. The lowest BCUT2D eigenvalue weighted by atomic mass is 10.2. The molecular weight excluding hydrogens is 258 g/mol. The van der Waals surface area contributed by atoms with E-state index in [0.29, 0.717) is 11.9 Å². The maximum Gasteiger partial charge on any atom is 0.331 e. The van der Waals surface area contributed by atoms with Gasteiger partial charge >= 0.3 is 5.69 Å². The molecule has 0 bridgehead atoms. The van der Waals surface area contributed by atoms with Gasteiger partial charge in [-0.1, -0.05) is 6.07 Å². The minimum Gasteiger partial charge on any atom is -0.506 e. The lowest BCUT2D eigenvalue weighted by molar-refractivity contribution is 0.466. The van der Waals surface area contributed by atoms with Gasteiger partial charge in [0, 0.05) is 19.6 Å². The van der Waals surface area contributed by atoms with Crippen molar-refractivity contribution in [3.8, 4) is 5.75 Å². The number of aromatic hydroxyl groups is 1. The summed E-state index contributed by atoms with van der Waals surface area (Å²) in [5.41, 5.74) is -0.441. The molecular formula is C14H17N3O3. The fourth-order valence-corrected chi connectivity index (χ4v) is 2.86. The predicted octanol–water partition coefficient (Wildman–Crippen LogP) is 0.158. The van der Waals surface area contributed by atoms with Crippen molar-refractivity contribution in [2.24, 2.45) is 7.05 Å². The molecule has 1 aromatic carbocycles. The van der Waals surface area contributed by atoms with Crippen molar-refractivity contribution in [3.05, 3.63) is 39.0 Å². The number of hydrogen-bond acceptors (Lipinski definition) is 4. The number of fused-ring (bicyclic) bond motifs is 1. The number of phenols is 1. The fraction of sp³-hybridized carbons (Fsp3) is 0.429. The Morgan fingerprint density at radius 1 is 1.40 bits per heavy atom. The first-order valence-electron chi connectivity index (χ1n) is 6.74. The highest BCUT2D eigenvalue weighted by Crippen LogP contribution is 2.19. The summed E-state index contributed by atoms with van der Waals surface area (Å²) in [6.07, 6.45) is 2.03. The molecule has 0 aliphatic carbocycles. The van der Waals surface area contributed by atoms with Crippen molar-refractivity contribution in [1.29, 1.82) is 0 Å². The maximum absolute atomic E-state index is 12.5. The Morgan fingerprint density at radius 3 is 2.90 bits per heavy atom. The predicted molar refractivity (Wildman–Crippen MR) is 76.1 cm³/mol. The minimum absolute atomic E-state index is 0.0506. The van der Waals surface area contributed by atoms with Crippen LogP contribution in [0, 0.1) is 0 Å². The van der Waals surface area contributed by atoms with Crippen molar-refractivity contribution in [2.75, 3.05) is 6.54 Å². The zero-order valence-electron chi connectivity index (χ0n) is 11.3. The number of aromatic nitrogens is 2. The zero-order valence-corrected chi connectivity index (χ0v) is 11.3. The molecule has 0 amide bonds. The van der Waals surface area contributed by atoms with Gasteiger partial charge in [0.05, 0.1) is 10.9 Å². The number of rotatable bonds is 2. The summed E-state index contributed by atoms with van der Waals surface area (Å²) in [5, 5.41) is 13.5. The van der Waals surface area contributed by atoms with Gasteiger partial charge in [-0.3, -0.25) is 13.9 Å². The summed E-state index contributed by atoms with van der Waals surface area (Å²) in [6.45, 7) is 1.30. The second-order valence-corrected chi connectivity index (χ2v) is 5.22. The molecule has 0 saturated carbocycles. The molecule has 1 fully saturated rings. The van der Waals surface area contributed by atoms with Gasteiger partial charge in [-0.15, -0.1) is 0 Å². The second kappa shape index (κ2) is 4.79. The van der Waals surface area contributed by atoms with Crippen LogP contribution < -0.4 is 16.6 Å². The van der Waals surface area contributed by atoms with Gasteiger partial charge in [0.2, 0.25) is 0 Å². The van der Waals surface area contributed by atoms with E-state index in [4.69, 9.17) is 0 Å². The molecule has 1 atom stereocenters. The van der Waals surface area contributed by atoms with Crippen LogP contribution in [0.1, 0.15) is 12.8 Å². The topological polar surface area (TPSA) is 76.3 Å². The number of aryl methyl sites for hydroxylation is 1. The van der Waals surface area contributed by atoms with Crippen LogP contribution >= 0.6 is 0 Å². The van der Waals surface area contributed by atoms with Crippen LogP contribution in [0.25, 0.3) is 10.9 Å². The molecule has 2 N–H and O–H groups in total. The Balaban J connectivity index is 2.23. The molecule has 1 aliphatic rings. The average molecular weight is 275 g/mol. The van der Waals surface area contributed by atoms with Gasteiger partial charge in [-0.2, -0.15) is 0 Å². The fourth-order valence-electron chi connectivity index (χ4n) is 2.86. The number of nitrogens with zero attached hydrogens (tertiary/aromatic N) is 2. The number of para-hydroxylation sites is 1. The van der Waals surface area contributed by atoms with E-state index in [1.54, 1.807) is 19.2 Å². The normalized spacial score (nSPS) is 18.8. The van der Waals surface area contributed by atoms with Crippen molar-refractivity contribution >= 4 is 10.9 Å². The average Bonchev–Trinajstić information content (AvgIpc) is 2.94. The van der Waals surface area contributed by atoms with Crippen LogP contribution in [0.4, 0.5) is 0 Å². The number of nitrogens with one attached hydrogen (secondary N) is 1. The van der Waals surface area contributed by atoms with Gasteiger partial charge in [0.25, 0.3) is 5.56 Å². The lowest BCUT2D eigenvalue weighted by Crippen LogP contribution is -2.43. The Labute approximate surface area is 115 Å². The number of benzene rings is 1. The van der Waals surface area contributed by atoms with Crippen LogP contribution in [0.5, 0.6) is 5.75 Å². The molecule has 1 aliphatic heterocycles. The smallest absolute Gasteiger partial charge is 0.331 e. The van der Waals surface area contributed by atoms with E-state index in [2.05, 4.69) is 5.32 Å². The van der Waals surface area contributed by atoms with E-state index in [1.807, 2.05) is 0 Å². The van der Waals surface area contributed by atoms with Gasteiger partial charge in [0.1, 0.15) is 5.75 Å². The summed E-state index contributed by atoms with van der Waals surface area (Å²) in [4.78, 5) is 24.8. The zero-order chi connectivity index (χ0) is 14.3. The van der Waals surface area contributed by atoms with Crippen molar-refractivity contribution < 1.29 is 5.11 Å². The summed E-state index contributed by atoms with van der Waals surface area (Å²) < 4.78 is 2.59.